The summed E-state index contributed by atoms with van der Waals surface area (Å²) in [7, 11) is 1.63. The molecule has 1 amide bonds. The van der Waals surface area contributed by atoms with Crippen LogP contribution in [0.1, 0.15) is 39.8 Å². The molecule has 1 fully saturated rings. The van der Waals surface area contributed by atoms with Gasteiger partial charge in [0.05, 0.1) is 29.9 Å². The van der Waals surface area contributed by atoms with Crippen LogP contribution in [0.3, 0.4) is 0 Å². The van der Waals surface area contributed by atoms with E-state index >= 15 is 0 Å². The lowest BCUT2D eigenvalue weighted by molar-refractivity contribution is -0.122. The number of amides is 1. The van der Waals surface area contributed by atoms with Gasteiger partial charge in [0.15, 0.2) is 5.17 Å². The van der Waals surface area contributed by atoms with Crippen LogP contribution in [0.15, 0.2) is 95.0 Å². The summed E-state index contributed by atoms with van der Waals surface area (Å²) < 4.78 is 12.6. The largest absolute Gasteiger partial charge is 0.497 e. The first-order valence-electron chi connectivity index (χ1n) is 14.8. The number of ether oxygens (including phenoxy) is 2. The molecular formula is C36H34N4O4S. The predicted octanol–water partition coefficient (Wildman–Crippen LogP) is 7.61. The van der Waals surface area contributed by atoms with Gasteiger partial charge < -0.3 is 19.0 Å². The quantitative estimate of drug-likeness (QED) is 0.136. The van der Waals surface area contributed by atoms with E-state index in [2.05, 4.69) is 27.8 Å². The monoisotopic (exact) mass is 618 g/mol. The van der Waals surface area contributed by atoms with Crippen LogP contribution in [0.5, 0.6) is 5.75 Å². The molecule has 0 saturated carbocycles. The highest BCUT2D eigenvalue weighted by Crippen LogP contribution is 2.36. The van der Waals surface area contributed by atoms with Crippen molar-refractivity contribution in [3.63, 3.8) is 0 Å². The molecular weight excluding hydrogens is 584 g/mol. The van der Waals surface area contributed by atoms with E-state index in [1.807, 2.05) is 80.7 Å². The Morgan fingerprint density at radius 3 is 2.60 bits per heavy atom. The Labute approximate surface area is 266 Å². The molecule has 228 valence electrons. The first-order valence-corrected chi connectivity index (χ1v) is 15.6. The van der Waals surface area contributed by atoms with E-state index in [9.17, 15) is 9.59 Å². The minimum Gasteiger partial charge on any atom is -0.497 e. The second-order valence-electron chi connectivity index (χ2n) is 10.7. The molecule has 8 nitrogen and oxygen atoms in total. The van der Waals surface area contributed by atoms with E-state index in [0.717, 1.165) is 50.5 Å². The van der Waals surface area contributed by atoms with Crippen molar-refractivity contribution in [1.29, 1.82) is 0 Å². The Bertz CT molecular complexity index is 1950. The fraction of sp³-hybridized carbons (Fsp3) is 0.194. The van der Waals surface area contributed by atoms with Gasteiger partial charge in [0.2, 0.25) is 0 Å². The van der Waals surface area contributed by atoms with Gasteiger partial charge in [-0.25, -0.2) is 9.79 Å². The second kappa shape index (κ2) is 12.9. The number of carbonyl (C=O) groups is 2. The highest BCUT2D eigenvalue weighted by molar-refractivity contribution is 8.18. The molecule has 6 rings (SSSR count). The third-order valence-corrected chi connectivity index (χ3v) is 8.84. The van der Waals surface area contributed by atoms with Gasteiger partial charge in [0.25, 0.3) is 5.91 Å². The molecule has 0 bridgehead atoms. The van der Waals surface area contributed by atoms with Gasteiger partial charge in [-0.15, -0.1) is 0 Å². The van der Waals surface area contributed by atoms with E-state index in [0.29, 0.717) is 35.2 Å². The Balaban J connectivity index is 1.33. The van der Waals surface area contributed by atoms with Gasteiger partial charge in [-0.2, -0.15) is 0 Å². The fourth-order valence-electron chi connectivity index (χ4n) is 5.59. The molecule has 0 spiro atoms. The van der Waals surface area contributed by atoms with E-state index in [4.69, 9.17) is 14.5 Å². The number of nitrogens with zero attached hydrogens (tertiary/aromatic N) is 3. The zero-order chi connectivity index (χ0) is 31.5. The third-order valence-electron chi connectivity index (χ3n) is 7.84. The number of amidine groups is 1. The van der Waals surface area contributed by atoms with Crippen LogP contribution in [-0.2, 0) is 16.0 Å². The Hall–Kier alpha value is -5.02. The lowest BCUT2D eigenvalue weighted by Gasteiger charge is -2.15. The SMILES string of the molecule is CCOC(=O)c1cccc(-n2c(C)cc(/C=C3\SC(=Nc4ccc(OC)cc4)N(CCc4c[nH]c5ccccc45)C3=O)c2C)c1. The summed E-state index contributed by atoms with van der Waals surface area (Å²) in [5.41, 5.74) is 7.18. The van der Waals surface area contributed by atoms with Crippen LogP contribution >= 0.6 is 11.8 Å². The van der Waals surface area contributed by atoms with Crippen molar-refractivity contribution in [3.05, 3.63) is 118 Å². The number of esters is 1. The van der Waals surface area contributed by atoms with Crippen molar-refractivity contribution < 1.29 is 19.1 Å². The molecule has 3 aromatic carbocycles. The van der Waals surface area contributed by atoms with Crippen molar-refractivity contribution in [2.45, 2.75) is 27.2 Å². The van der Waals surface area contributed by atoms with Crippen LogP contribution in [0.4, 0.5) is 5.69 Å². The maximum Gasteiger partial charge on any atom is 0.338 e. The zero-order valence-electron chi connectivity index (χ0n) is 25.7. The van der Waals surface area contributed by atoms with Crippen LogP contribution in [-0.4, -0.2) is 51.8 Å². The Kier molecular flexibility index (Phi) is 8.62. The number of methoxy groups -OCH3 is 1. The Morgan fingerprint density at radius 2 is 1.82 bits per heavy atom. The lowest BCUT2D eigenvalue weighted by atomic mass is 10.1. The van der Waals surface area contributed by atoms with Gasteiger partial charge in [0.1, 0.15) is 5.75 Å². The van der Waals surface area contributed by atoms with Crippen molar-refractivity contribution in [1.82, 2.24) is 14.5 Å². The number of fused-ring (bicyclic) bond motifs is 1. The molecule has 3 heterocycles. The van der Waals surface area contributed by atoms with Gasteiger partial charge >= 0.3 is 5.97 Å². The molecule has 1 saturated heterocycles. The van der Waals surface area contributed by atoms with Gasteiger partial charge in [-0.1, -0.05) is 24.3 Å². The highest BCUT2D eigenvalue weighted by Gasteiger charge is 2.33. The smallest absolute Gasteiger partial charge is 0.338 e. The van der Waals surface area contributed by atoms with E-state index in [-0.39, 0.29) is 11.9 Å². The number of nitrogens with one attached hydrogen (secondary N) is 1. The number of benzene rings is 3. The molecule has 0 radical (unpaired) electrons. The maximum absolute atomic E-state index is 14.0. The number of aromatic nitrogens is 2. The standard InChI is InChI=1S/C36H34N4O4S/c1-5-44-35(42)25-9-8-10-29(20-25)40-23(2)19-27(24(40)3)21-33-34(41)39(18-17-26-22-37-32-12-7-6-11-31(26)32)36(45-33)38-28-13-15-30(43-4)16-14-28/h6-16,19-22,37H,5,17-18H2,1-4H3/b33-21-,38-36?. The number of hydrogen-bond acceptors (Lipinski definition) is 6. The minimum absolute atomic E-state index is 0.0822. The molecule has 1 N–H and O–H groups in total. The van der Waals surface area contributed by atoms with Crippen molar-refractivity contribution in [2.24, 2.45) is 4.99 Å². The zero-order valence-corrected chi connectivity index (χ0v) is 26.5. The molecule has 0 unspecified atom stereocenters. The molecule has 0 atom stereocenters. The summed E-state index contributed by atoms with van der Waals surface area (Å²) >= 11 is 1.38. The first-order chi connectivity index (χ1) is 21.9. The summed E-state index contributed by atoms with van der Waals surface area (Å²) in [6.45, 7) is 6.62. The average Bonchev–Trinajstić information content (AvgIpc) is 3.69. The summed E-state index contributed by atoms with van der Waals surface area (Å²) in [5, 5.41) is 1.79. The number of aromatic amines is 1. The number of rotatable bonds is 9. The summed E-state index contributed by atoms with van der Waals surface area (Å²) in [4.78, 5) is 36.9. The molecule has 9 heteroatoms. The summed E-state index contributed by atoms with van der Waals surface area (Å²) in [6.07, 6.45) is 4.63. The van der Waals surface area contributed by atoms with Crippen LogP contribution in [0.25, 0.3) is 22.7 Å². The maximum atomic E-state index is 14.0. The number of para-hydroxylation sites is 1. The number of thioether (sulfide) groups is 1. The van der Waals surface area contributed by atoms with Gasteiger partial charge in [-0.3, -0.25) is 9.69 Å². The summed E-state index contributed by atoms with van der Waals surface area (Å²) in [5.74, 6) is 0.309. The number of aryl methyl sites for hydroxylation is 1. The lowest BCUT2D eigenvalue weighted by Crippen LogP contribution is -2.31. The highest BCUT2D eigenvalue weighted by atomic mass is 32.2. The second-order valence-corrected chi connectivity index (χ2v) is 11.7. The molecule has 0 aliphatic carbocycles. The average molecular weight is 619 g/mol. The van der Waals surface area contributed by atoms with Crippen molar-refractivity contribution in [3.8, 4) is 11.4 Å². The number of carbonyl (C=O) groups excluding carboxylic acids is 2. The van der Waals surface area contributed by atoms with E-state index in [1.54, 1.807) is 25.0 Å². The first kappa shape index (κ1) is 30.0. The third kappa shape index (κ3) is 6.17. The van der Waals surface area contributed by atoms with Crippen LogP contribution in [0.2, 0.25) is 0 Å². The van der Waals surface area contributed by atoms with E-state index < -0.39 is 0 Å². The van der Waals surface area contributed by atoms with Gasteiger partial charge in [-0.05, 0) is 111 Å². The van der Waals surface area contributed by atoms with Crippen molar-refractivity contribution in [2.75, 3.05) is 20.3 Å². The summed E-state index contributed by atoms with van der Waals surface area (Å²) in [6, 6.07) is 25.1. The van der Waals surface area contributed by atoms with Crippen LogP contribution in [0, 0.1) is 13.8 Å². The topological polar surface area (TPSA) is 88.9 Å². The van der Waals surface area contributed by atoms with Crippen molar-refractivity contribution >= 4 is 51.5 Å². The van der Waals surface area contributed by atoms with Crippen LogP contribution < -0.4 is 4.74 Å². The molecule has 1 aliphatic rings. The molecule has 2 aromatic heterocycles. The normalized spacial score (nSPS) is 15.0. The minimum atomic E-state index is -0.353. The predicted molar refractivity (Wildman–Crippen MR) is 181 cm³/mol. The van der Waals surface area contributed by atoms with Gasteiger partial charge in [0, 0.05) is 40.7 Å². The Morgan fingerprint density at radius 1 is 1.02 bits per heavy atom. The number of aliphatic imine (C=N–C) groups is 1. The molecule has 1 aliphatic heterocycles. The molecule has 5 aromatic rings. The fourth-order valence-corrected chi connectivity index (χ4v) is 6.60. The number of H-pyrrole nitrogens is 1. The van der Waals surface area contributed by atoms with E-state index in [1.165, 1.54) is 11.8 Å². The molecule has 45 heavy (non-hydrogen) atoms. The number of hydrogen-bond donors (Lipinski definition) is 1.